The molecule has 6 rings (SSSR count). The first-order chi connectivity index (χ1) is 14.1. The predicted molar refractivity (Wildman–Crippen MR) is 113 cm³/mol. The molecule has 2 aromatic rings. The first-order valence-corrected chi connectivity index (χ1v) is 11.0. The van der Waals surface area contributed by atoms with E-state index in [9.17, 15) is 9.59 Å². The Labute approximate surface area is 172 Å². The molecule has 0 aliphatic heterocycles. The third kappa shape index (κ3) is 3.21. The highest BCUT2D eigenvalue weighted by atomic mass is 16.5. The minimum atomic E-state index is -0.202. The molecule has 4 saturated carbocycles. The van der Waals surface area contributed by atoms with Gasteiger partial charge in [0.05, 0.1) is 12.2 Å². The molecule has 0 unspecified atom stereocenters. The van der Waals surface area contributed by atoms with Crippen LogP contribution in [0.25, 0.3) is 11.1 Å². The van der Waals surface area contributed by atoms with Crippen molar-refractivity contribution in [2.24, 2.45) is 17.8 Å². The Morgan fingerprint density at radius 2 is 1.66 bits per heavy atom. The maximum atomic E-state index is 12.8. The van der Waals surface area contributed by atoms with Crippen molar-refractivity contribution in [1.82, 2.24) is 0 Å². The molecule has 4 aliphatic carbocycles. The second-order valence-corrected chi connectivity index (χ2v) is 9.42. The summed E-state index contributed by atoms with van der Waals surface area (Å²) in [5.74, 6) is 2.21. The molecule has 0 spiro atoms. The second-order valence-electron chi connectivity index (χ2n) is 9.42. The van der Waals surface area contributed by atoms with E-state index < -0.39 is 0 Å². The van der Waals surface area contributed by atoms with Gasteiger partial charge in [0.1, 0.15) is 6.29 Å². The molecule has 29 heavy (non-hydrogen) atoms. The highest BCUT2D eigenvalue weighted by Crippen LogP contribution is 2.61. The number of esters is 1. The number of ether oxygens (including phenoxy) is 1. The summed E-state index contributed by atoms with van der Waals surface area (Å²) in [5.41, 5.74) is 4.81. The first-order valence-electron chi connectivity index (χ1n) is 11.0. The molecule has 0 amide bonds. The number of benzene rings is 2. The summed E-state index contributed by atoms with van der Waals surface area (Å²) in [6, 6.07) is 13.9. The molecule has 0 aromatic heterocycles. The van der Waals surface area contributed by atoms with E-state index in [1.165, 1.54) is 44.1 Å². The third-order valence-corrected chi connectivity index (χ3v) is 7.48. The van der Waals surface area contributed by atoms with Gasteiger partial charge in [0.25, 0.3) is 0 Å². The van der Waals surface area contributed by atoms with Crippen molar-refractivity contribution in [2.45, 2.75) is 50.9 Å². The van der Waals surface area contributed by atoms with Gasteiger partial charge >= 0.3 is 5.97 Å². The number of rotatable bonds is 5. The zero-order chi connectivity index (χ0) is 20.0. The SMILES string of the molecule is CCOC(=O)c1ccc(-c2cccc(C=O)c2)cc1C12CC3CC(CC(C3)C1)C2. The molecule has 2 aromatic carbocycles. The highest BCUT2D eigenvalue weighted by Gasteiger charge is 2.52. The van der Waals surface area contributed by atoms with Crippen molar-refractivity contribution in [3.63, 3.8) is 0 Å². The summed E-state index contributed by atoms with van der Waals surface area (Å²) in [6.07, 6.45) is 8.59. The van der Waals surface area contributed by atoms with E-state index in [-0.39, 0.29) is 11.4 Å². The smallest absolute Gasteiger partial charge is 0.338 e. The molecular formula is C26H28O3. The standard InChI is InChI=1S/C26H28O3/c1-2-29-25(28)23-7-6-22(21-5-3-4-17(11-21)16-27)12-24(23)26-13-18-8-19(14-26)10-20(9-18)15-26/h3-7,11-12,16,18-20H,2,8-10,13-15H2,1H3. The van der Waals surface area contributed by atoms with Gasteiger partial charge in [0.2, 0.25) is 0 Å². The average Bonchev–Trinajstić information content (AvgIpc) is 2.72. The van der Waals surface area contributed by atoms with Gasteiger partial charge in [-0.25, -0.2) is 4.79 Å². The van der Waals surface area contributed by atoms with Gasteiger partial charge in [-0.05, 0) is 104 Å². The van der Waals surface area contributed by atoms with Crippen LogP contribution >= 0.6 is 0 Å². The van der Waals surface area contributed by atoms with Crippen LogP contribution in [0.5, 0.6) is 0 Å². The van der Waals surface area contributed by atoms with E-state index in [4.69, 9.17) is 4.74 Å². The number of carbonyl (C=O) groups is 2. The zero-order valence-electron chi connectivity index (χ0n) is 17.0. The number of aldehydes is 1. The topological polar surface area (TPSA) is 43.4 Å². The predicted octanol–water partition coefficient (Wildman–Crippen LogP) is 5.81. The van der Waals surface area contributed by atoms with Gasteiger partial charge in [-0.3, -0.25) is 4.79 Å². The summed E-state index contributed by atoms with van der Waals surface area (Å²) >= 11 is 0. The Hall–Kier alpha value is -2.42. The Morgan fingerprint density at radius 1 is 1.00 bits per heavy atom. The fourth-order valence-corrected chi connectivity index (χ4v) is 6.78. The van der Waals surface area contributed by atoms with Crippen LogP contribution in [0.2, 0.25) is 0 Å². The molecule has 0 atom stereocenters. The minimum absolute atomic E-state index is 0.106. The first kappa shape index (κ1) is 18.6. The van der Waals surface area contributed by atoms with Gasteiger partial charge in [0.15, 0.2) is 0 Å². The molecule has 3 heteroatoms. The van der Waals surface area contributed by atoms with Crippen LogP contribution in [0, 0.1) is 17.8 Å². The lowest BCUT2D eigenvalue weighted by molar-refractivity contribution is -0.00603. The van der Waals surface area contributed by atoms with E-state index in [2.05, 4.69) is 6.07 Å². The molecule has 150 valence electrons. The normalized spacial score (nSPS) is 29.6. The molecule has 0 heterocycles. The number of carbonyl (C=O) groups excluding carboxylic acids is 2. The van der Waals surface area contributed by atoms with Crippen molar-refractivity contribution in [1.29, 1.82) is 0 Å². The fourth-order valence-electron chi connectivity index (χ4n) is 6.78. The van der Waals surface area contributed by atoms with Gasteiger partial charge in [0, 0.05) is 5.56 Å². The van der Waals surface area contributed by atoms with Crippen molar-refractivity contribution >= 4 is 12.3 Å². The molecule has 4 aliphatic rings. The quantitative estimate of drug-likeness (QED) is 0.479. The minimum Gasteiger partial charge on any atom is -0.462 e. The summed E-state index contributed by atoms with van der Waals surface area (Å²) in [6.45, 7) is 2.25. The van der Waals surface area contributed by atoms with E-state index in [1.807, 2.05) is 43.3 Å². The van der Waals surface area contributed by atoms with Crippen molar-refractivity contribution in [3.05, 3.63) is 59.2 Å². The lowest BCUT2D eigenvalue weighted by Gasteiger charge is -2.57. The largest absolute Gasteiger partial charge is 0.462 e. The number of hydrogen-bond acceptors (Lipinski definition) is 3. The Bertz CT molecular complexity index is 923. The fraction of sp³-hybridized carbons (Fsp3) is 0.462. The monoisotopic (exact) mass is 388 g/mol. The summed E-state index contributed by atoms with van der Waals surface area (Å²) in [4.78, 5) is 24.1. The van der Waals surface area contributed by atoms with Crippen LogP contribution in [0.3, 0.4) is 0 Å². The molecule has 4 fully saturated rings. The maximum Gasteiger partial charge on any atom is 0.338 e. The Morgan fingerprint density at radius 3 is 2.28 bits per heavy atom. The van der Waals surface area contributed by atoms with Gasteiger partial charge in [-0.15, -0.1) is 0 Å². The molecule has 3 nitrogen and oxygen atoms in total. The molecule has 4 bridgehead atoms. The van der Waals surface area contributed by atoms with Crippen molar-refractivity contribution in [3.8, 4) is 11.1 Å². The second kappa shape index (κ2) is 7.12. The Balaban J connectivity index is 1.63. The zero-order valence-corrected chi connectivity index (χ0v) is 17.0. The average molecular weight is 389 g/mol. The Kier molecular flexibility index (Phi) is 4.57. The van der Waals surface area contributed by atoms with Crippen molar-refractivity contribution < 1.29 is 14.3 Å². The van der Waals surface area contributed by atoms with Gasteiger partial charge < -0.3 is 4.74 Å². The van der Waals surface area contributed by atoms with E-state index in [0.717, 1.165) is 40.7 Å². The maximum absolute atomic E-state index is 12.8. The van der Waals surface area contributed by atoms with Gasteiger partial charge in [-0.2, -0.15) is 0 Å². The van der Waals surface area contributed by atoms with Crippen LogP contribution in [-0.4, -0.2) is 18.9 Å². The van der Waals surface area contributed by atoms with E-state index in [0.29, 0.717) is 12.2 Å². The highest BCUT2D eigenvalue weighted by molar-refractivity contribution is 5.92. The third-order valence-electron chi connectivity index (χ3n) is 7.48. The van der Waals surface area contributed by atoms with Crippen LogP contribution in [-0.2, 0) is 10.2 Å². The van der Waals surface area contributed by atoms with Crippen LogP contribution in [0.15, 0.2) is 42.5 Å². The van der Waals surface area contributed by atoms with Crippen LogP contribution in [0.4, 0.5) is 0 Å². The molecule has 0 N–H and O–H groups in total. The summed E-state index contributed by atoms with van der Waals surface area (Å²) < 4.78 is 5.43. The summed E-state index contributed by atoms with van der Waals surface area (Å²) in [7, 11) is 0. The van der Waals surface area contributed by atoms with Crippen LogP contribution in [0.1, 0.15) is 71.7 Å². The van der Waals surface area contributed by atoms with E-state index in [1.54, 1.807) is 0 Å². The molecular weight excluding hydrogens is 360 g/mol. The van der Waals surface area contributed by atoms with Gasteiger partial charge in [-0.1, -0.05) is 24.3 Å². The van der Waals surface area contributed by atoms with E-state index >= 15 is 0 Å². The lowest BCUT2D eigenvalue weighted by atomic mass is 9.47. The van der Waals surface area contributed by atoms with Crippen molar-refractivity contribution in [2.75, 3.05) is 6.61 Å². The molecule has 0 saturated heterocycles. The number of hydrogen-bond donors (Lipinski definition) is 0. The van der Waals surface area contributed by atoms with Crippen LogP contribution < -0.4 is 0 Å². The summed E-state index contributed by atoms with van der Waals surface area (Å²) in [5, 5.41) is 0. The lowest BCUT2D eigenvalue weighted by Crippen LogP contribution is -2.49. The molecule has 0 radical (unpaired) electrons.